The van der Waals surface area contributed by atoms with Gasteiger partial charge >= 0.3 is 23.9 Å². The van der Waals surface area contributed by atoms with Crippen LogP contribution in [0.1, 0.15) is 11.1 Å². The SMILES string of the molecule is C=CC(=O)O.C=CC(=O)O.C=CC(=O)O.C=CC(=O)O.C=Cc1ccccc1C=C.OCC(CO)(CO)CO. The molecule has 0 aliphatic carbocycles. The summed E-state index contributed by atoms with van der Waals surface area (Å²) in [5.74, 6) is -3.93. The first-order valence-corrected chi connectivity index (χ1v) is 10.4. The molecular formula is C27H38O12. The first kappa shape index (κ1) is 44.4. The number of carbonyl (C=O) groups is 4. The number of carboxylic acid groups (broad SMARTS) is 4. The molecule has 0 saturated carbocycles. The van der Waals surface area contributed by atoms with Gasteiger partial charge in [0.05, 0.1) is 31.8 Å². The molecule has 12 heteroatoms. The molecule has 0 atom stereocenters. The van der Waals surface area contributed by atoms with Crippen molar-refractivity contribution in [1.82, 2.24) is 0 Å². The number of carboxylic acids is 4. The molecule has 39 heavy (non-hydrogen) atoms. The number of aliphatic carboxylic acids is 4. The van der Waals surface area contributed by atoms with E-state index in [9.17, 15) is 19.2 Å². The van der Waals surface area contributed by atoms with Crippen LogP contribution in [0.4, 0.5) is 0 Å². The number of rotatable bonds is 10. The van der Waals surface area contributed by atoms with Gasteiger partial charge in [0.2, 0.25) is 0 Å². The highest BCUT2D eigenvalue weighted by Gasteiger charge is 2.26. The molecule has 0 aliphatic heterocycles. The molecule has 1 aromatic carbocycles. The van der Waals surface area contributed by atoms with Crippen molar-refractivity contribution in [2.75, 3.05) is 26.4 Å². The van der Waals surface area contributed by atoms with Gasteiger partial charge in [-0.05, 0) is 11.1 Å². The van der Waals surface area contributed by atoms with Crippen LogP contribution < -0.4 is 0 Å². The monoisotopic (exact) mass is 554 g/mol. The third kappa shape index (κ3) is 35.6. The van der Waals surface area contributed by atoms with Crippen LogP contribution in [0, 0.1) is 5.41 Å². The molecule has 1 rings (SSSR count). The third-order valence-electron chi connectivity index (χ3n) is 3.48. The second-order valence-corrected chi connectivity index (χ2v) is 6.34. The van der Waals surface area contributed by atoms with Gasteiger partial charge < -0.3 is 40.9 Å². The zero-order valence-electron chi connectivity index (χ0n) is 21.6. The zero-order valence-corrected chi connectivity index (χ0v) is 21.6. The number of hydrogen-bond acceptors (Lipinski definition) is 8. The first-order valence-electron chi connectivity index (χ1n) is 10.4. The van der Waals surface area contributed by atoms with Crippen LogP contribution in [0.25, 0.3) is 12.2 Å². The van der Waals surface area contributed by atoms with Gasteiger partial charge in [-0.25, -0.2) is 19.2 Å². The normalized spacial score (nSPS) is 8.31. The second-order valence-electron chi connectivity index (χ2n) is 6.34. The Balaban J connectivity index is -0.000000123. The average Bonchev–Trinajstić information content (AvgIpc) is 2.95. The summed E-state index contributed by atoms with van der Waals surface area (Å²) in [6, 6.07) is 8.02. The van der Waals surface area contributed by atoms with Gasteiger partial charge in [-0.1, -0.05) is 75.9 Å². The molecule has 218 valence electrons. The third-order valence-corrected chi connectivity index (χ3v) is 3.48. The lowest BCUT2D eigenvalue weighted by atomic mass is 9.93. The summed E-state index contributed by atoms with van der Waals surface area (Å²) in [5.41, 5.74) is 1.16. The first-order chi connectivity index (χ1) is 18.2. The van der Waals surface area contributed by atoms with Gasteiger partial charge in [0.1, 0.15) is 0 Å². The Morgan fingerprint density at radius 1 is 0.538 bits per heavy atom. The molecule has 0 bridgehead atoms. The fourth-order valence-electron chi connectivity index (χ4n) is 1.18. The lowest BCUT2D eigenvalue weighted by Gasteiger charge is -2.23. The Bertz CT molecular complexity index is 783. The van der Waals surface area contributed by atoms with E-state index in [-0.39, 0.29) is 0 Å². The lowest BCUT2D eigenvalue weighted by Crippen LogP contribution is -2.37. The Hall–Kier alpha value is -4.62. The fourth-order valence-corrected chi connectivity index (χ4v) is 1.18. The van der Waals surface area contributed by atoms with Crippen LogP contribution in [-0.4, -0.2) is 91.2 Å². The Labute approximate surface area is 227 Å². The van der Waals surface area contributed by atoms with E-state index < -0.39 is 55.7 Å². The van der Waals surface area contributed by atoms with Crippen LogP contribution in [-0.2, 0) is 19.2 Å². The van der Waals surface area contributed by atoms with E-state index in [1.807, 2.05) is 36.4 Å². The Kier molecular flexibility index (Phi) is 35.7. The van der Waals surface area contributed by atoms with Crippen molar-refractivity contribution in [2.45, 2.75) is 0 Å². The average molecular weight is 555 g/mol. The van der Waals surface area contributed by atoms with Crippen molar-refractivity contribution in [3.8, 4) is 0 Å². The van der Waals surface area contributed by atoms with E-state index in [4.69, 9.17) is 40.9 Å². The van der Waals surface area contributed by atoms with Crippen molar-refractivity contribution in [3.05, 3.63) is 99.2 Å². The number of aliphatic hydroxyl groups is 4. The molecule has 0 aliphatic rings. The molecule has 0 radical (unpaired) electrons. The van der Waals surface area contributed by atoms with E-state index in [0.717, 1.165) is 35.4 Å². The molecule has 0 fully saturated rings. The van der Waals surface area contributed by atoms with Crippen molar-refractivity contribution >= 4 is 36.0 Å². The minimum Gasteiger partial charge on any atom is -0.478 e. The number of aliphatic hydroxyl groups excluding tert-OH is 4. The molecule has 8 N–H and O–H groups in total. The van der Waals surface area contributed by atoms with Crippen LogP contribution in [0.2, 0.25) is 0 Å². The highest BCUT2D eigenvalue weighted by Crippen LogP contribution is 2.12. The van der Waals surface area contributed by atoms with E-state index in [1.54, 1.807) is 0 Å². The molecule has 0 unspecified atom stereocenters. The summed E-state index contributed by atoms with van der Waals surface area (Å²) in [6.45, 7) is 17.6. The smallest absolute Gasteiger partial charge is 0.327 e. The van der Waals surface area contributed by atoms with Crippen molar-refractivity contribution in [3.63, 3.8) is 0 Å². The van der Waals surface area contributed by atoms with E-state index in [1.165, 1.54) is 0 Å². The largest absolute Gasteiger partial charge is 0.478 e. The summed E-state index contributed by atoms with van der Waals surface area (Å²) < 4.78 is 0. The molecule has 0 saturated heterocycles. The van der Waals surface area contributed by atoms with E-state index in [2.05, 4.69) is 39.5 Å². The van der Waals surface area contributed by atoms with Gasteiger partial charge in [-0.15, -0.1) is 0 Å². The minimum absolute atomic E-state index is 0.406. The molecule has 0 heterocycles. The maximum Gasteiger partial charge on any atom is 0.327 e. The predicted octanol–water partition coefficient (Wildman–Crippen LogP) is 1.94. The summed E-state index contributed by atoms with van der Waals surface area (Å²) >= 11 is 0. The maximum atomic E-state index is 9.25. The minimum atomic E-state index is -1.11. The van der Waals surface area contributed by atoms with E-state index in [0.29, 0.717) is 0 Å². The summed E-state index contributed by atoms with van der Waals surface area (Å²) in [6.07, 6.45) is 6.99. The number of benzene rings is 1. The predicted molar refractivity (Wildman–Crippen MR) is 149 cm³/mol. The van der Waals surface area contributed by atoms with Crippen molar-refractivity contribution < 1.29 is 60.0 Å². The fraction of sp³-hybridized carbons (Fsp3) is 0.185. The van der Waals surface area contributed by atoms with Gasteiger partial charge in [0.25, 0.3) is 0 Å². The zero-order chi connectivity index (χ0) is 31.9. The molecule has 0 spiro atoms. The topological polar surface area (TPSA) is 230 Å². The highest BCUT2D eigenvalue weighted by molar-refractivity contribution is 5.79. The van der Waals surface area contributed by atoms with Crippen LogP contribution in [0.5, 0.6) is 0 Å². The Morgan fingerprint density at radius 3 is 0.795 bits per heavy atom. The van der Waals surface area contributed by atoms with Gasteiger partial charge in [-0.2, -0.15) is 0 Å². The maximum absolute atomic E-state index is 9.25. The van der Waals surface area contributed by atoms with Gasteiger partial charge in [-0.3, -0.25) is 0 Å². The Morgan fingerprint density at radius 2 is 0.718 bits per heavy atom. The standard InChI is InChI=1S/C10H10.C5H12O4.4C3H4O2/c1-3-9-7-5-6-8-10(9)4-2;6-1-5(2-7,3-8)4-9;4*1-2-3(4)5/h3-8H,1-2H2;6-9H,1-4H2;4*2H,1H2,(H,4,5). The summed E-state index contributed by atoms with van der Waals surface area (Å²) in [5, 5.41) is 64.4. The van der Waals surface area contributed by atoms with Crippen LogP contribution in [0.3, 0.4) is 0 Å². The molecule has 0 aromatic heterocycles. The van der Waals surface area contributed by atoms with E-state index >= 15 is 0 Å². The molecule has 0 amide bonds. The molecule has 1 aromatic rings. The number of hydrogen-bond donors (Lipinski definition) is 8. The van der Waals surface area contributed by atoms with Crippen molar-refractivity contribution in [1.29, 1.82) is 0 Å². The highest BCUT2D eigenvalue weighted by atomic mass is 16.4. The van der Waals surface area contributed by atoms with Crippen LogP contribution in [0.15, 0.2) is 88.0 Å². The van der Waals surface area contributed by atoms with Gasteiger partial charge in [0.15, 0.2) is 0 Å². The van der Waals surface area contributed by atoms with Crippen LogP contribution >= 0.6 is 0 Å². The van der Waals surface area contributed by atoms with Crippen molar-refractivity contribution in [2.24, 2.45) is 5.41 Å². The second kappa shape index (κ2) is 31.4. The molecule has 12 nitrogen and oxygen atoms in total. The summed E-state index contributed by atoms with van der Waals surface area (Å²) in [4.78, 5) is 37.0. The quantitative estimate of drug-likeness (QED) is 0.194. The lowest BCUT2D eigenvalue weighted by molar-refractivity contribution is -0.132. The summed E-state index contributed by atoms with van der Waals surface area (Å²) in [7, 11) is 0. The van der Waals surface area contributed by atoms with Gasteiger partial charge in [0, 0.05) is 24.3 Å². The molecular weight excluding hydrogens is 516 g/mol.